The number of carbonyl (C=O) groups excluding carboxylic acids is 3. The number of carbonyl (C=O) groups is 3. The number of benzene rings is 3. The molecule has 3 aromatic carbocycles. The predicted octanol–water partition coefficient (Wildman–Crippen LogP) is 4.19. The number of hydrogen-bond acceptors (Lipinski definition) is 4. The fourth-order valence-electron chi connectivity index (χ4n) is 3.79. The molecule has 0 fully saturated rings. The Balaban J connectivity index is 1.67. The van der Waals surface area contributed by atoms with Gasteiger partial charge in [0.15, 0.2) is 0 Å². The molecular formula is C25H21FN2O4. The van der Waals surface area contributed by atoms with Gasteiger partial charge >= 0.3 is 5.97 Å². The summed E-state index contributed by atoms with van der Waals surface area (Å²) >= 11 is 0. The molecule has 0 unspecified atom stereocenters. The van der Waals surface area contributed by atoms with E-state index in [0.29, 0.717) is 22.5 Å². The van der Waals surface area contributed by atoms with E-state index in [9.17, 15) is 18.8 Å². The van der Waals surface area contributed by atoms with Crippen molar-refractivity contribution in [3.05, 3.63) is 95.3 Å². The molecule has 1 aliphatic heterocycles. The molecule has 0 aromatic heterocycles. The molecule has 0 aliphatic carbocycles. The van der Waals surface area contributed by atoms with Crippen LogP contribution in [0.25, 0.3) is 0 Å². The number of fused-ring (bicyclic) bond motifs is 1. The van der Waals surface area contributed by atoms with Gasteiger partial charge in [0.2, 0.25) is 5.91 Å². The van der Waals surface area contributed by atoms with E-state index in [-0.39, 0.29) is 18.4 Å². The van der Waals surface area contributed by atoms with Crippen molar-refractivity contribution in [2.24, 2.45) is 0 Å². The minimum atomic E-state index is -0.753. The summed E-state index contributed by atoms with van der Waals surface area (Å²) in [5.74, 6) is -1.48. The maximum atomic E-state index is 13.3. The third kappa shape index (κ3) is 3.85. The van der Waals surface area contributed by atoms with Crippen LogP contribution in [0.2, 0.25) is 0 Å². The molecule has 7 heteroatoms. The number of para-hydroxylation sites is 2. The lowest BCUT2D eigenvalue weighted by Gasteiger charge is -2.40. The Labute approximate surface area is 184 Å². The summed E-state index contributed by atoms with van der Waals surface area (Å²) in [7, 11) is 1.32. The Morgan fingerprint density at radius 2 is 1.50 bits per heavy atom. The standard InChI is InChI=1S/C25H21FN2O4/c1-16-23(29)27(15-17-7-9-19(10-8-17)25(31)32-2)21-5-3-4-6-22(21)28(16)24(30)18-11-13-20(26)14-12-18/h3-14,16H,15H2,1-2H3/t16-/m0/s1. The number of hydrogen-bond donors (Lipinski definition) is 0. The second-order valence-electron chi connectivity index (χ2n) is 7.46. The number of halogens is 1. The smallest absolute Gasteiger partial charge is 0.337 e. The molecule has 0 saturated heterocycles. The van der Waals surface area contributed by atoms with E-state index in [2.05, 4.69) is 0 Å². The van der Waals surface area contributed by atoms with E-state index < -0.39 is 17.8 Å². The molecule has 3 aromatic rings. The summed E-state index contributed by atoms with van der Waals surface area (Å²) in [6.07, 6.45) is 0. The van der Waals surface area contributed by atoms with Crippen molar-refractivity contribution in [3.8, 4) is 0 Å². The van der Waals surface area contributed by atoms with E-state index in [1.165, 1.54) is 36.3 Å². The highest BCUT2D eigenvalue weighted by molar-refractivity contribution is 6.17. The molecule has 4 rings (SSSR count). The highest BCUT2D eigenvalue weighted by Crippen LogP contribution is 2.37. The molecule has 32 heavy (non-hydrogen) atoms. The quantitative estimate of drug-likeness (QED) is 0.580. The van der Waals surface area contributed by atoms with Gasteiger partial charge in [-0.1, -0.05) is 24.3 Å². The molecule has 1 aliphatic rings. The van der Waals surface area contributed by atoms with Crippen molar-refractivity contribution in [3.63, 3.8) is 0 Å². The Morgan fingerprint density at radius 3 is 2.12 bits per heavy atom. The van der Waals surface area contributed by atoms with Crippen molar-refractivity contribution in [2.75, 3.05) is 16.9 Å². The van der Waals surface area contributed by atoms with Gasteiger partial charge in [0.05, 0.1) is 30.6 Å². The average molecular weight is 432 g/mol. The van der Waals surface area contributed by atoms with Gasteiger partial charge in [-0.3, -0.25) is 14.5 Å². The fraction of sp³-hybridized carbons (Fsp3) is 0.160. The maximum Gasteiger partial charge on any atom is 0.337 e. The molecule has 2 amide bonds. The highest BCUT2D eigenvalue weighted by Gasteiger charge is 2.38. The van der Waals surface area contributed by atoms with Crippen molar-refractivity contribution in [2.45, 2.75) is 19.5 Å². The van der Waals surface area contributed by atoms with Crippen LogP contribution in [-0.4, -0.2) is 30.9 Å². The molecule has 0 radical (unpaired) electrons. The molecule has 1 heterocycles. The molecule has 0 N–H and O–H groups in total. The minimum absolute atomic E-state index is 0.240. The van der Waals surface area contributed by atoms with Gasteiger partial charge in [-0.25, -0.2) is 9.18 Å². The maximum absolute atomic E-state index is 13.3. The number of nitrogens with zero attached hydrogens (tertiary/aromatic N) is 2. The SMILES string of the molecule is COC(=O)c1ccc(CN2C(=O)[C@H](C)N(C(=O)c3ccc(F)cc3)c3ccccc32)cc1. The predicted molar refractivity (Wildman–Crippen MR) is 118 cm³/mol. The summed E-state index contributed by atoms with van der Waals surface area (Å²) in [5.41, 5.74) is 2.74. The first-order valence-corrected chi connectivity index (χ1v) is 10.1. The van der Waals surface area contributed by atoms with E-state index in [1.54, 1.807) is 60.4 Å². The van der Waals surface area contributed by atoms with Gasteiger partial charge in [-0.15, -0.1) is 0 Å². The Bertz CT molecular complexity index is 1180. The van der Waals surface area contributed by atoms with Crippen LogP contribution in [0.1, 0.15) is 33.2 Å². The number of anilines is 2. The van der Waals surface area contributed by atoms with Crippen LogP contribution in [0.15, 0.2) is 72.8 Å². The summed E-state index contributed by atoms with van der Waals surface area (Å²) in [6.45, 7) is 1.95. The van der Waals surface area contributed by atoms with Gasteiger partial charge < -0.3 is 9.64 Å². The lowest BCUT2D eigenvalue weighted by Crippen LogP contribution is -2.54. The molecule has 162 valence electrons. The van der Waals surface area contributed by atoms with Crippen LogP contribution in [0.5, 0.6) is 0 Å². The van der Waals surface area contributed by atoms with E-state index in [4.69, 9.17) is 4.74 Å². The van der Waals surface area contributed by atoms with Gasteiger partial charge in [0.1, 0.15) is 11.9 Å². The number of rotatable bonds is 4. The van der Waals surface area contributed by atoms with Crippen LogP contribution >= 0.6 is 0 Å². The Kier molecular flexibility index (Phi) is 5.73. The zero-order chi connectivity index (χ0) is 22.8. The van der Waals surface area contributed by atoms with E-state index in [0.717, 1.165) is 5.56 Å². The highest BCUT2D eigenvalue weighted by atomic mass is 19.1. The third-order valence-electron chi connectivity index (χ3n) is 5.47. The summed E-state index contributed by atoms with van der Waals surface area (Å²) in [4.78, 5) is 41.3. The van der Waals surface area contributed by atoms with Crippen LogP contribution in [-0.2, 0) is 16.1 Å². The molecule has 6 nitrogen and oxygen atoms in total. The van der Waals surface area contributed by atoms with Crippen molar-refractivity contribution >= 4 is 29.2 Å². The topological polar surface area (TPSA) is 66.9 Å². The first kappa shape index (κ1) is 21.2. The number of ether oxygens (including phenoxy) is 1. The zero-order valence-corrected chi connectivity index (χ0v) is 17.6. The molecule has 0 bridgehead atoms. The normalized spacial score (nSPS) is 15.3. The molecule has 1 atom stereocenters. The van der Waals surface area contributed by atoms with Gasteiger partial charge in [-0.2, -0.15) is 0 Å². The van der Waals surface area contributed by atoms with Crippen molar-refractivity contribution < 1.29 is 23.5 Å². The minimum Gasteiger partial charge on any atom is -0.465 e. The van der Waals surface area contributed by atoms with Crippen LogP contribution < -0.4 is 9.80 Å². The van der Waals surface area contributed by atoms with Gasteiger partial charge in [0.25, 0.3) is 5.91 Å². The number of esters is 1. The second kappa shape index (κ2) is 8.63. The monoisotopic (exact) mass is 432 g/mol. The average Bonchev–Trinajstić information content (AvgIpc) is 2.82. The van der Waals surface area contributed by atoms with Crippen molar-refractivity contribution in [1.82, 2.24) is 0 Å². The summed E-state index contributed by atoms with van der Waals surface area (Å²) in [6, 6.07) is 18.5. The third-order valence-corrected chi connectivity index (χ3v) is 5.47. The fourth-order valence-corrected chi connectivity index (χ4v) is 3.79. The van der Waals surface area contributed by atoms with E-state index in [1.807, 2.05) is 0 Å². The first-order chi connectivity index (χ1) is 15.4. The van der Waals surface area contributed by atoms with Crippen LogP contribution in [0, 0.1) is 5.82 Å². The first-order valence-electron chi connectivity index (χ1n) is 10.1. The lowest BCUT2D eigenvalue weighted by molar-refractivity contribution is -0.119. The Morgan fingerprint density at radius 1 is 0.906 bits per heavy atom. The van der Waals surface area contributed by atoms with Crippen molar-refractivity contribution in [1.29, 1.82) is 0 Å². The second-order valence-corrected chi connectivity index (χ2v) is 7.46. The largest absolute Gasteiger partial charge is 0.465 e. The molecular weight excluding hydrogens is 411 g/mol. The number of amides is 2. The zero-order valence-electron chi connectivity index (χ0n) is 17.6. The Hall–Kier alpha value is -4.00. The molecule has 0 spiro atoms. The van der Waals surface area contributed by atoms with Gasteiger partial charge in [-0.05, 0) is 61.0 Å². The lowest BCUT2D eigenvalue weighted by atomic mass is 10.0. The van der Waals surface area contributed by atoms with Crippen LogP contribution in [0.3, 0.4) is 0 Å². The number of methoxy groups -OCH3 is 1. The molecule has 0 saturated carbocycles. The summed E-state index contributed by atoms with van der Waals surface area (Å²) in [5, 5.41) is 0. The van der Waals surface area contributed by atoms with Gasteiger partial charge in [0, 0.05) is 5.56 Å². The van der Waals surface area contributed by atoms with E-state index >= 15 is 0 Å². The van der Waals surface area contributed by atoms with Crippen LogP contribution in [0.4, 0.5) is 15.8 Å². The summed E-state index contributed by atoms with van der Waals surface area (Å²) < 4.78 is 18.0.